The number of aryl methyl sites for hydroxylation is 4. The van der Waals surface area contributed by atoms with Gasteiger partial charge < -0.3 is 0 Å². The fraction of sp³-hybridized carbons (Fsp3) is 0.382. The van der Waals surface area contributed by atoms with Crippen molar-refractivity contribution in [1.82, 2.24) is 0 Å². The molecule has 0 fully saturated rings. The first-order valence-electron chi connectivity index (χ1n) is 22.1. The molecule has 57 heavy (non-hydrogen) atoms. The molecule has 0 heterocycles. The van der Waals surface area contributed by atoms with E-state index in [0.29, 0.717) is 11.1 Å². The highest BCUT2D eigenvalue weighted by molar-refractivity contribution is 6.05. The van der Waals surface area contributed by atoms with Gasteiger partial charge in [-0.15, -0.1) is 0 Å². The molecule has 5 aromatic rings. The lowest BCUT2D eigenvalue weighted by molar-refractivity contribution is 0.111. The molecule has 2 aliphatic carbocycles. The van der Waals surface area contributed by atoms with Gasteiger partial charge in [-0.3, -0.25) is 9.59 Å². The van der Waals surface area contributed by atoms with Crippen LogP contribution in [0.2, 0.25) is 0 Å². The zero-order valence-electron chi connectivity index (χ0n) is 35.0. The molecular weight excluding hydrogens is 693 g/mol. The molecule has 0 saturated carbocycles. The van der Waals surface area contributed by atoms with Crippen LogP contribution in [0.15, 0.2) is 103 Å². The van der Waals surface area contributed by atoms with Gasteiger partial charge in [-0.05, 0) is 139 Å². The second kappa shape index (κ2) is 18.6. The summed E-state index contributed by atoms with van der Waals surface area (Å²) in [4.78, 5) is 23.0. The summed E-state index contributed by atoms with van der Waals surface area (Å²) in [5.41, 5.74) is 20.9. The third kappa shape index (κ3) is 8.72. The van der Waals surface area contributed by atoms with Gasteiger partial charge in [0.25, 0.3) is 0 Å². The van der Waals surface area contributed by atoms with Crippen molar-refractivity contribution in [3.63, 3.8) is 0 Å². The lowest BCUT2D eigenvalue weighted by atomic mass is 9.69. The molecule has 0 atom stereocenters. The van der Waals surface area contributed by atoms with Gasteiger partial charge in [0.2, 0.25) is 0 Å². The maximum Gasteiger partial charge on any atom is 0.150 e. The standard InChI is InChI=1S/C55H62O2/c1-5-7-9-11-13-15-45(16-14-12-10-8-6-2)54-50-33-39(3)17-27-46(50)48-36-53-49(35-51(48)54)47-28-18-40(4)34-52(47)55(53,31-29-41-19-23-43(37-56)24-20-41)32-30-42-21-25-44(38-57)26-22-42/h17-28,33-38H,5-16,29-32H2,1-4H3. The van der Waals surface area contributed by atoms with Crippen molar-refractivity contribution in [2.45, 2.75) is 136 Å². The number of unbranched alkanes of at least 4 members (excludes halogenated alkanes) is 8. The predicted octanol–water partition coefficient (Wildman–Crippen LogP) is 15.0. The summed E-state index contributed by atoms with van der Waals surface area (Å²) >= 11 is 0. The Labute approximate surface area is 342 Å². The molecule has 2 aliphatic rings. The maximum atomic E-state index is 11.5. The van der Waals surface area contributed by atoms with Crippen molar-refractivity contribution in [3.8, 4) is 22.3 Å². The van der Waals surface area contributed by atoms with Crippen molar-refractivity contribution in [1.29, 1.82) is 0 Å². The summed E-state index contributed by atoms with van der Waals surface area (Å²) in [6.07, 6.45) is 21.0. The van der Waals surface area contributed by atoms with Gasteiger partial charge in [-0.2, -0.15) is 0 Å². The first-order chi connectivity index (χ1) is 27.9. The van der Waals surface area contributed by atoms with Crippen LogP contribution < -0.4 is 0 Å². The monoisotopic (exact) mass is 754 g/mol. The van der Waals surface area contributed by atoms with E-state index in [1.54, 1.807) is 5.57 Å². The number of hydrogen-bond donors (Lipinski definition) is 0. The number of rotatable bonds is 20. The second-order valence-electron chi connectivity index (χ2n) is 17.1. The van der Waals surface area contributed by atoms with E-state index in [4.69, 9.17) is 0 Å². The Kier molecular flexibility index (Phi) is 13.2. The Morgan fingerprint density at radius 3 is 1.51 bits per heavy atom. The minimum Gasteiger partial charge on any atom is -0.298 e. The van der Waals surface area contributed by atoms with Crippen LogP contribution in [0.1, 0.15) is 169 Å². The minimum absolute atomic E-state index is 0.211. The smallest absolute Gasteiger partial charge is 0.150 e. The number of aldehydes is 2. The number of fused-ring (bicyclic) bond motifs is 6. The van der Waals surface area contributed by atoms with Crippen LogP contribution in [-0.4, -0.2) is 12.6 Å². The summed E-state index contributed by atoms with van der Waals surface area (Å²) in [6, 6.07) is 35.9. The van der Waals surface area contributed by atoms with Crippen LogP contribution in [0.3, 0.4) is 0 Å². The molecule has 0 N–H and O–H groups in total. The molecule has 5 aromatic carbocycles. The van der Waals surface area contributed by atoms with Gasteiger partial charge in [-0.1, -0.05) is 167 Å². The van der Waals surface area contributed by atoms with Gasteiger partial charge in [0, 0.05) is 16.5 Å². The van der Waals surface area contributed by atoms with E-state index >= 15 is 0 Å². The summed E-state index contributed by atoms with van der Waals surface area (Å²) in [7, 11) is 0. The van der Waals surface area contributed by atoms with E-state index in [1.165, 1.54) is 149 Å². The van der Waals surface area contributed by atoms with E-state index in [1.807, 2.05) is 24.3 Å². The second-order valence-corrected chi connectivity index (χ2v) is 17.1. The van der Waals surface area contributed by atoms with Crippen molar-refractivity contribution in [3.05, 3.63) is 158 Å². The molecule has 0 radical (unpaired) electrons. The molecule has 0 aromatic heterocycles. The van der Waals surface area contributed by atoms with Crippen LogP contribution in [0, 0.1) is 13.8 Å². The van der Waals surface area contributed by atoms with Crippen LogP contribution in [0.4, 0.5) is 0 Å². The zero-order chi connectivity index (χ0) is 39.8. The third-order valence-electron chi connectivity index (χ3n) is 13.1. The number of carbonyl (C=O) groups is 2. The number of hydrogen-bond acceptors (Lipinski definition) is 2. The van der Waals surface area contributed by atoms with Gasteiger partial charge in [0.05, 0.1) is 0 Å². The van der Waals surface area contributed by atoms with Crippen molar-refractivity contribution < 1.29 is 9.59 Å². The zero-order valence-corrected chi connectivity index (χ0v) is 35.0. The Balaban J connectivity index is 1.38. The maximum absolute atomic E-state index is 11.5. The first kappa shape index (κ1) is 40.4. The quantitative estimate of drug-likeness (QED) is 0.0574. The molecule has 0 bridgehead atoms. The molecule has 0 saturated heterocycles. The topological polar surface area (TPSA) is 34.1 Å². The molecule has 0 amide bonds. The predicted molar refractivity (Wildman–Crippen MR) is 241 cm³/mol. The number of benzene rings is 5. The van der Waals surface area contributed by atoms with Crippen molar-refractivity contribution in [2.24, 2.45) is 0 Å². The largest absolute Gasteiger partial charge is 0.298 e. The van der Waals surface area contributed by atoms with Crippen LogP contribution in [0.25, 0.3) is 27.8 Å². The Bertz CT molecular complexity index is 2140. The average molecular weight is 755 g/mol. The Morgan fingerprint density at radius 1 is 0.474 bits per heavy atom. The van der Waals surface area contributed by atoms with Crippen LogP contribution in [0.5, 0.6) is 0 Å². The minimum atomic E-state index is -0.211. The Morgan fingerprint density at radius 2 is 0.965 bits per heavy atom. The molecule has 0 spiro atoms. The fourth-order valence-corrected chi connectivity index (χ4v) is 9.87. The van der Waals surface area contributed by atoms with E-state index in [2.05, 4.69) is 100 Å². The fourth-order valence-electron chi connectivity index (χ4n) is 9.87. The van der Waals surface area contributed by atoms with Gasteiger partial charge in [0.1, 0.15) is 12.6 Å². The average Bonchev–Trinajstić information content (AvgIpc) is 3.68. The van der Waals surface area contributed by atoms with E-state index in [0.717, 1.165) is 38.3 Å². The lowest BCUT2D eigenvalue weighted by Crippen LogP contribution is -2.27. The molecule has 7 rings (SSSR count). The van der Waals surface area contributed by atoms with Gasteiger partial charge >= 0.3 is 0 Å². The van der Waals surface area contributed by atoms with Crippen LogP contribution in [-0.2, 0) is 18.3 Å². The first-order valence-corrected chi connectivity index (χ1v) is 22.1. The van der Waals surface area contributed by atoms with E-state index in [-0.39, 0.29) is 5.41 Å². The highest BCUT2D eigenvalue weighted by Crippen LogP contribution is 2.58. The normalized spacial score (nSPS) is 13.2. The molecule has 0 aliphatic heterocycles. The summed E-state index contributed by atoms with van der Waals surface area (Å²) in [5, 5.41) is 0. The van der Waals surface area contributed by atoms with Crippen LogP contribution >= 0.6 is 0 Å². The molecule has 2 heteroatoms. The van der Waals surface area contributed by atoms with Gasteiger partial charge in [0.15, 0.2) is 0 Å². The molecule has 0 unspecified atom stereocenters. The Hall–Kier alpha value is -4.82. The summed E-state index contributed by atoms with van der Waals surface area (Å²) in [6.45, 7) is 9.10. The summed E-state index contributed by atoms with van der Waals surface area (Å²) < 4.78 is 0. The highest BCUT2D eigenvalue weighted by Gasteiger charge is 2.44. The molecular formula is C55H62O2. The summed E-state index contributed by atoms with van der Waals surface area (Å²) in [5.74, 6) is 0. The van der Waals surface area contributed by atoms with Gasteiger partial charge in [-0.25, -0.2) is 0 Å². The van der Waals surface area contributed by atoms with E-state index in [9.17, 15) is 9.59 Å². The van der Waals surface area contributed by atoms with Crippen molar-refractivity contribution in [2.75, 3.05) is 0 Å². The third-order valence-corrected chi connectivity index (χ3v) is 13.1. The number of allylic oxidation sites excluding steroid dienone is 1. The molecule has 294 valence electrons. The molecule has 2 nitrogen and oxygen atoms in total. The van der Waals surface area contributed by atoms with Crippen molar-refractivity contribution >= 4 is 18.1 Å². The SMILES string of the molecule is CCCCCCCC(CCCCCCC)=C1c2cc(C)ccc2-c2cc3c(cc21)-c1ccc(C)cc1C3(CCc1ccc(C=O)cc1)CCc1ccc(C=O)cc1. The lowest BCUT2D eigenvalue weighted by Gasteiger charge is -2.33. The highest BCUT2D eigenvalue weighted by atomic mass is 16.1. The number of carbonyl (C=O) groups excluding carboxylic acids is 2. The van der Waals surface area contributed by atoms with E-state index < -0.39 is 0 Å².